The lowest BCUT2D eigenvalue weighted by Crippen LogP contribution is -2.44. The molecule has 142 valence electrons. The molecule has 1 aromatic rings. The number of hydrogen-bond acceptors (Lipinski definition) is 4. The van der Waals surface area contributed by atoms with Gasteiger partial charge < -0.3 is 20.1 Å². The van der Waals surface area contributed by atoms with Crippen LogP contribution in [0.15, 0.2) is 23.2 Å². The number of ether oxygens (including phenoxy) is 2. The first kappa shape index (κ1) is 22.0. The van der Waals surface area contributed by atoms with Crippen molar-refractivity contribution in [3.63, 3.8) is 0 Å². The maximum absolute atomic E-state index is 5.73. The van der Waals surface area contributed by atoms with Crippen LogP contribution in [-0.4, -0.2) is 63.9 Å². The van der Waals surface area contributed by atoms with Crippen LogP contribution in [0, 0.1) is 6.92 Å². The molecular formula is C18H31IN4O2. The van der Waals surface area contributed by atoms with Crippen LogP contribution in [0.1, 0.15) is 18.1 Å². The number of morpholine rings is 1. The zero-order valence-corrected chi connectivity index (χ0v) is 17.8. The van der Waals surface area contributed by atoms with E-state index in [-0.39, 0.29) is 24.0 Å². The van der Waals surface area contributed by atoms with E-state index in [0.29, 0.717) is 13.2 Å². The van der Waals surface area contributed by atoms with Crippen molar-refractivity contribution in [3.8, 4) is 5.75 Å². The molecule has 0 aliphatic carbocycles. The highest BCUT2D eigenvalue weighted by Gasteiger charge is 2.10. The molecule has 0 radical (unpaired) electrons. The van der Waals surface area contributed by atoms with E-state index >= 15 is 0 Å². The van der Waals surface area contributed by atoms with Crippen LogP contribution in [0.3, 0.4) is 0 Å². The topological polar surface area (TPSA) is 58.1 Å². The van der Waals surface area contributed by atoms with Gasteiger partial charge in [-0.25, -0.2) is 0 Å². The summed E-state index contributed by atoms with van der Waals surface area (Å²) in [6, 6.07) is 6.29. The number of aliphatic imine (C=N–C) groups is 1. The molecule has 0 unspecified atom stereocenters. The molecule has 0 saturated carbocycles. The van der Waals surface area contributed by atoms with Crippen LogP contribution in [0.25, 0.3) is 0 Å². The molecule has 1 aliphatic heterocycles. The fourth-order valence-corrected chi connectivity index (χ4v) is 2.65. The van der Waals surface area contributed by atoms with E-state index in [1.54, 1.807) is 7.05 Å². The van der Waals surface area contributed by atoms with Gasteiger partial charge in [-0.15, -0.1) is 24.0 Å². The van der Waals surface area contributed by atoms with Crippen molar-refractivity contribution >= 4 is 29.9 Å². The highest BCUT2D eigenvalue weighted by molar-refractivity contribution is 14.0. The molecule has 0 atom stereocenters. The summed E-state index contributed by atoms with van der Waals surface area (Å²) in [6.45, 7) is 11.0. The van der Waals surface area contributed by atoms with Gasteiger partial charge in [0.15, 0.2) is 5.96 Å². The number of halogens is 1. The van der Waals surface area contributed by atoms with Crippen molar-refractivity contribution in [1.82, 2.24) is 15.5 Å². The summed E-state index contributed by atoms with van der Waals surface area (Å²) in [4.78, 5) is 6.69. The van der Waals surface area contributed by atoms with Gasteiger partial charge in [-0.2, -0.15) is 0 Å². The number of benzene rings is 1. The van der Waals surface area contributed by atoms with E-state index in [2.05, 4.69) is 45.6 Å². The number of rotatable bonds is 7. The average Bonchev–Trinajstić information content (AvgIpc) is 2.60. The molecule has 1 saturated heterocycles. The van der Waals surface area contributed by atoms with Crippen LogP contribution >= 0.6 is 24.0 Å². The van der Waals surface area contributed by atoms with Gasteiger partial charge in [0.05, 0.1) is 19.8 Å². The fraction of sp³-hybridized carbons (Fsp3) is 0.611. The number of nitrogens with zero attached hydrogens (tertiary/aromatic N) is 2. The Morgan fingerprint density at radius 3 is 2.72 bits per heavy atom. The molecule has 6 nitrogen and oxygen atoms in total. The average molecular weight is 462 g/mol. The van der Waals surface area contributed by atoms with Crippen molar-refractivity contribution in [2.24, 2.45) is 4.99 Å². The molecule has 0 amide bonds. The molecule has 1 fully saturated rings. The Balaban J connectivity index is 0.00000312. The number of aryl methyl sites for hydroxylation is 1. The zero-order chi connectivity index (χ0) is 17.2. The molecule has 0 spiro atoms. The van der Waals surface area contributed by atoms with Crippen molar-refractivity contribution in [3.05, 3.63) is 29.3 Å². The second kappa shape index (κ2) is 12.3. The Morgan fingerprint density at radius 2 is 2.04 bits per heavy atom. The fourth-order valence-electron chi connectivity index (χ4n) is 2.65. The van der Waals surface area contributed by atoms with E-state index in [4.69, 9.17) is 9.47 Å². The summed E-state index contributed by atoms with van der Waals surface area (Å²) in [6.07, 6.45) is 0. The lowest BCUT2D eigenvalue weighted by Gasteiger charge is -2.26. The quantitative estimate of drug-likeness (QED) is 0.369. The van der Waals surface area contributed by atoms with Gasteiger partial charge in [-0.3, -0.25) is 9.89 Å². The molecule has 1 aliphatic rings. The highest BCUT2D eigenvalue weighted by Crippen LogP contribution is 2.20. The number of guanidine groups is 1. The third kappa shape index (κ3) is 7.79. The van der Waals surface area contributed by atoms with E-state index in [1.807, 2.05) is 6.92 Å². The van der Waals surface area contributed by atoms with E-state index < -0.39 is 0 Å². The van der Waals surface area contributed by atoms with Crippen molar-refractivity contribution in [2.75, 3.05) is 53.0 Å². The Labute approximate surface area is 168 Å². The smallest absolute Gasteiger partial charge is 0.191 e. The maximum atomic E-state index is 5.73. The SMILES string of the molecule is CCOc1cc(C)ccc1CNC(=NC)NCCN1CCOCC1.I. The van der Waals surface area contributed by atoms with Crippen LogP contribution in [-0.2, 0) is 11.3 Å². The van der Waals surface area contributed by atoms with Crippen molar-refractivity contribution in [2.45, 2.75) is 20.4 Å². The Bertz CT molecular complexity index is 534. The van der Waals surface area contributed by atoms with Crippen molar-refractivity contribution in [1.29, 1.82) is 0 Å². The summed E-state index contributed by atoms with van der Waals surface area (Å²) in [5.74, 6) is 1.75. The van der Waals surface area contributed by atoms with Crippen LogP contribution in [0.2, 0.25) is 0 Å². The van der Waals surface area contributed by atoms with Crippen molar-refractivity contribution < 1.29 is 9.47 Å². The molecule has 7 heteroatoms. The number of hydrogen-bond donors (Lipinski definition) is 2. The Hall–Kier alpha value is -1.06. The first-order chi connectivity index (χ1) is 11.7. The lowest BCUT2D eigenvalue weighted by molar-refractivity contribution is 0.0389. The summed E-state index contributed by atoms with van der Waals surface area (Å²) >= 11 is 0. The van der Waals surface area contributed by atoms with Gasteiger partial charge in [0.25, 0.3) is 0 Å². The number of nitrogens with one attached hydrogen (secondary N) is 2. The first-order valence-corrected chi connectivity index (χ1v) is 8.70. The van der Waals surface area contributed by atoms with Gasteiger partial charge in [0.1, 0.15) is 5.75 Å². The van der Waals surface area contributed by atoms with Crippen LogP contribution in [0.5, 0.6) is 5.75 Å². The van der Waals surface area contributed by atoms with E-state index in [1.165, 1.54) is 5.56 Å². The van der Waals surface area contributed by atoms with E-state index in [0.717, 1.165) is 56.7 Å². The molecule has 2 rings (SSSR count). The molecule has 0 bridgehead atoms. The molecule has 1 aromatic carbocycles. The van der Waals surface area contributed by atoms with Crippen LogP contribution < -0.4 is 15.4 Å². The van der Waals surface area contributed by atoms with Gasteiger partial charge in [0, 0.05) is 45.3 Å². The Kier molecular flexibility index (Phi) is 10.8. The first-order valence-electron chi connectivity index (χ1n) is 8.70. The third-order valence-electron chi connectivity index (χ3n) is 4.02. The molecule has 2 N–H and O–H groups in total. The van der Waals surface area contributed by atoms with Gasteiger partial charge in [0.2, 0.25) is 0 Å². The summed E-state index contributed by atoms with van der Waals surface area (Å²) in [7, 11) is 1.79. The predicted molar refractivity (Wildman–Crippen MR) is 113 cm³/mol. The largest absolute Gasteiger partial charge is 0.494 e. The minimum Gasteiger partial charge on any atom is -0.494 e. The Morgan fingerprint density at radius 1 is 1.28 bits per heavy atom. The zero-order valence-electron chi connectivity index (χ0n) is 15.5. The van der Waals surface area contributed by atoms with Gasteiger partial charge in [-0.1, -0.05) is 12.1 Å². The molecule has 25 heavy (non-hydrogen) atoms. The second-order valence-electron chi connectivity index (χ2n) is 5.85. The lowest BCUT2D eigenvalue weighted by atomic mass is 10.1. The highest BCUT2D eigenvalue weighted by atomic mass is 127. The van der Waals surface area contributed by atoms with Gasteiger partial charge in [-0.05, 0) is 25.5 Å². The summed E-state index contributed by atoms with van der Waals surface area (Å²) in [5, 5.41) is 6.72. The summed E-state index contributed by atoms with van der Waals surface area (Å²) < 4.78 is 11.1. The van der Waals surface area contributed by atoms with Gasteiger partial charge >= 0.3 is 0 Å². The predicted octanol–water partition coefficient (Wildman–Crippen LogP) is 2.01. The second-order valence-corrected chi connectivity index (χ2v) is 5.85. The minimum atomic E-state index is 0. The van der Waals surface area contributed by atoms with E-state index in [9.17, 15) is 0 Å². The standard InChI is InChI=1S/C18H30N4O2.HI/c1-4-24-17-13-15(2)5-6-16(17)14-21-18(19-3)20-7-8-22-9-11-23-12-10-22;/h5-6,13H,4,7-12,14H2,1-3H3,(H2,19,20,21);1H. The normalized spacial score (nSPS) is 15.4. The molecule has 1 heterocycles. The van der Waals surface area contributed by atoms with Crippen LogP contribution in [0.4, 0.5) is 0 Å². The minimum absolute atomic E-state index is 0. The summed E-state index contributed by atoms with van der Waals surface area (Å²) in [5.41, 5.74) is 2.34. The monoisotopic (exact) mass is 462 g/mol. The molecule has 0 aromatic heterocycles. The molecular weight excluding hydrogens is 431 g/mol. The maximum Gasteiger partial charge on any atom is 0.191 e. The third-order valence-corrected chi connectivity index (χ3v) is 4.02.